The monoisotopic (exact) mass is 205 g/mol. The number of halogens is 1. The molecular weight excluding hydrogens is 186 g/mol. The fourth-order valence-corrected chi connectivity index (χ4v) is 2.64. The van der Waals surface area contributed by atoms with E-state index in [-0.39, 0.29) is 18.5 Å². The Labute approximate surface area is 86.5 Å². The van der Waals surface area contributed by atoms with E-state index in [1.54, 1.807) is 0 Å². The second kappa shape index (κ2) is 5.18. The third-order valence-corrected chi connectivity index (χ3v) is 3.36. The van der Waals surface area contributed by atoms with Crippen LogP contribution in [0, 0.1) is 5.92 Å². The highest BCUT2D eigenvalue weighted by molar-refractivity contribution is 5.85. The van der Waals surface area contributed by atoms with Crippen LogP contribution in [0.25, 0.3) is 0 Å². The molecule has 0 aromatic carbocycles. The molecule has 2 nitrogen and oxygen atoms in total. The van der Waals surface area contributed by atoms with Crippen molar-refractivity contribution in [2.75, 3.05) is 6.54 Å². The third-order valence-electron chi connectivity index (χ3n) is 3.36. The van der Waals surface area contributed by atoms with Gasteiger partial charge < -0.3 is 10.4 Å². The zero-order valence-corrected chi connectivity index (χ0v) is 8.85. The predicted molar refractivity (Wildman–Crippen MR) is 56.2 cm³/mol. The van der Waals surface area contributed by atoms with Crippen LogP contribution in [-0.4, -0.2) is 23.8 Å². The summed E-state index contributed by atoms with van der Waals surface area (Å²) in [5.74, 6) is 0.857. The van der Waals surface area contributed by atoms with E-state index in [4.69, 9.17) is 0 Å². The van der Waals surface area contributed by atoms with Crippen LogP contribution in [-0.2, 0) is 0 Å². The van der Waals surface area contributed by atoms with Gasteiger partial charge in [-0.05, 0) is 25.2 Å². The van der Waals surface area contributed by atoms with Gasteiger partial charge in [-0.25, -0.2) is 0 Å². The molecule has 0 aromatic heterocycles. The first-order valence-electron chi connectivity index (χ1n) is 5.28. The number of nitrogens with one attached hydrogen (secondary N) is 1. The molecule has 2 fully saturated rings. The Kier molecular flexibility index (Phi) is 4.50. The van der Waals surface area contributed by atoms with Gasteiger partial charge in [0.25, 0.3) is 0 Å². The maximum atomic E-state index is 9.37. The standard InChI is InChI=1S/C10H19NO.ClH/c12-9-6-10(11-7-9)8-4-2-1-3-5-8;/h8-12H,1-7H2;1H. The summed E-state index contributed by atoms with van der Waals surface area (Å²) in [4.78, 5) is 0. The molecule has 0 spiro atoms. The van der Waals surface area contributed by atoms with Crippen LogP contribution in [0.3, 0.4) is 0 Å². The maximum absolute atomic E-state index is 9.37. The lowest BCUT2D eigenvalue weighted by Crippen LogP contribution is -2.31. The van der Waals surface area contributed by atoms with Crippen LogP contribution in [0.2, 0.25) is 0 Å². The van der Waals surface area contributed by atoms with Gasteiger partial charge in [-0.2, -0.15) is 0 Å². The second-order valence-corrected chi connectivity index (χ2v) is 4.30. The summed E-state index contributed by atoms with van der Waals surface area (Å²) in [7, 11) is 0. The van der Waals surface area contributed by atoms with Crippen molar-refractivity contribution in [2.24, 2.45) is 5.92 Å². The molecule has 1 aliphatic carbocycles. The van der Waals surface area contributed by atoms with Gasteiger partial charge in [-0.3, -0.25) is 0 Å². The fourth-order valence-electron chi connectivity index (χ4n) is 2.64. The SMILES string of the molecule is Cl.OC1CNC(C2CCCCC2)C1. The van der Waals surface area contributed by atoms with E-state index in [1.807, 2.05) is 0 Å². The third kappa shape index (κ3) is 2.83. The summed E-state index contributed by atoms with van der Waals surface area (Å²) in [5, 5.41) is 12.8. The summed E-state index contributed by atoms with van der Waals surface area (Å²) in [6.45, 7) is 0.821. The lowest BCUT2D eigenvalue weighted by molar-refractivity contribution is 0.185. The van der Waals surface area contributed by atoms with Crippen molar-refractivity contribution in [1.82, 2.24) is 5.32 Å². The largest absolute Gasteiger partial charge is 0.392 e. The Morgan fingerprint density at radius 2 is 1.77 bits per heavy atom. The second-order valence-electron chi connectivity index (χ2n) is 4.30. The lowest BCUT2D eigenvalue weighted by Gasteiger charge is -2.27. The molecule has 0 aromatic rings. The van der Waals surface area contributed by atoms with Gasteiger partial charge in [0.2, 0.25) is 0 Å². The van der Waals surface area contributed by atoms with Gasteiger partial charge in [0.05, 0.1) is 6.10 Å². The van der Waals surface area contributed by atoms with Crippen molar-refractivity contribution in [2.45, 2.75) is 50.7 Å². The minimum absolute atomic E-state index is 0. The van der Waals surface area contributed by atoms with Crippen LogP contribution in [0.1, 0.15) is 38.5 Å². The smallest absolute Gasteiger partial charge is 0.0679 e. The molecule has 1 heterocycles. The fraction of sp³-hybridized carbons (Fsp3) is 1.00. The highest BCUT2D eigenvalue weighted by atomic mass is 35.5. The van der Waals surface area contributed by atoms with Gasteiger partial charge >= 0.3 is 0 Å². The van der Waals surface area contributed by atoms with Crippen LogP contribution >= 0.6 is 12.4 Å². The number of aliphatic hydroxyl groups is 1. The highest BCUT2D eigenvalue weighted by Gasteiger charge is 2.29. The number of rotatable bonds is 1. The molecule has 2 N–H and O–H groups in total. The molecule has 1 saturated carbocycles. The average molecular weight is 206 g/mol. The van der Waals surface area contributed by atoms with Gasteiger partial charge in [0.15, 0.2) is 0 Å². The zero-order valence-electron chi connectivity index (χ0n) is 8.04. The Hall–Kier alpha value is 0.210. The molecule has 2 aliphatic rings. The molecule has 2 unspecified atom stereocenters. The lowest BCUT2D eigenvalue weighted by atomic mass is 9.83. The van der Waals surface area contributed by atoms with Crippen molar-refractivity contribution >= 4 is 12.4 Å². The van der Waals surface area contributed by atoms with E-state index in [0.717, 1.165) is 18.9 Å². The molecular formula is C10H20ClNO. The quantitative estimate of drug-likeness (QED) is 0.683. The van der Waals surface area contributed by atoms with Crippen molar-refractivity contribution in [3.05, 3.63) is 0 Å². The predicted octanol–water partition coefficient (Wildman–Crippen LogP) is 1.71. The number of hydrogen-bond donors (Lipinski definition) is 2. The Morgan fingerprint density at radius 3 is 2.31 bits per heavy atom. The van der Waals surface area contributed by atoms with E-state index in [0.29, 0.717) is 6.04 Å². The van der Waals surface area contributed by atoms with Crippen molar-refractivity contribution in [3.63, 3.8) is 0 Å². The maximum Gasteiger partial charge on any atom is 0.0679 e. The van der Waals surface area contributed by atoms with E-state index in [9.17, 15) is 5.11 Å². The molecule has 3 heteroatoms. The normalized spacial score (nSPS) is 35.8. The summed E-state index contributed by atoms with van der Waals surface area (Å²) in [6.07, 6.45) is 7.90. The van der Waals surface area contributed by atoms with Gasteiger partial charge in [0, 0.05) is 12.6 Å². The summed E-state index contributed by atoms with van der Waals surface area (Å²) in [6, 6.07) is 0.625. The van der Waals surface area contributed by atoms with E-state index in [2.05, 4.69) is 5.32 Å². The van der Waals surface area contributed by atoms with Crippen LogP contribution in [0.5, 0.6) is 0 Å². The minimum atomic E-state index is -0.0723. The Bertz CT molecular complexity index is 145. The highest BCUT2D eigenvalue weighted by Crippen LogP contribution is 2.29. The van der Waals surface area contributed by atoms with Crippen LogP contribution in [0.15, 0.2) is 0 Å². The number of aliphatic hydroxyl groups excluding tert-OH is 1. The van der Waals surface area contributed by atoms with Crippen molar-refractivity contribution in [3.8, 4) is 0 Å². The van der Waals surface area contributed by atoms with Crippen LogP contribution < -0.4 is 5.32 Å². The number of hydrogen-bond acceptors (Lipinski definition) is 2. The topological polar surface area (TPSA) is 32.3 Å². The molecule has 0 radical (unpaired) electrons. The summed E-state index contributed by atoms with van der Waals surface area (Å²) < 4.78 is 0. The molecule has 13 heavy (non-hydrogen) atoms. The number of β-amino-alcohol motifs (C(OH)–C–C–N with tert-alkyl or cyclic N) is 1. The average Bonchev–Trinajstić information content (AvgIpc) is 2.54. The molecule has 2 atom stereocenters. The molecule has 1 aliphatic heterocycles. The van der Waals surface area contributed by atoms with Gasteiger partial charge in [0.1, 0.15) is 0 Å². The Balaban J connectivity index is 0.000000845. The zero-order chi connectivity index (χ0) is 8.39. The first-order chi connectivity index (χ1) is 5.86. The van der Waals surface area contributed by atoms with Gasteiger partial charge in [-0.15, -0.1) is 12.4 Å². The molecule has 0 amide bonds. The van der Waals surface area contributed by atoms with Crippen molar-refractivity contribution in [1.29, 1.82) is 0 Å². The van der Waals surface area contributed by atoms with Crippen LogP contribution in [0.4, 0.5) is 0 Å². The van der Waals surface area contributed by atoms with E-state index < -0.39 is 0 Å². The molecule has 2 rings (SSSR count). The van der Waals surface area contributed by atoms with Crippen molar-refractivity contribution < 1.29 is 5.11 Å². The minimum Gasteiger partial charge on any atom is -0.392 e. The first kappa shape index (κ1) is 11.3. The molecule has 1 saturated heterocycles. The van der Waals surface area contributed by atoms with E-state index in [1.165, 1.54) is 32.1 Å². The Morgan fingerprint density at radius 1 is 1.08 bits per heavy atom. The summed E-state index contributed by atoms with van der Waals surface area (Å²) in [5.41, 5.74) is 0. The first-order valence-corrected chi connectivity index (χ1v) is 5.28. The molecule has 78 valence electrons. The molecule has 0 bridgehead atoms. The van der Waals surface area contributed by atoms with Gasteiger partial charge in [-0.1, -0.05) is 19.3 Å². The summed E-state index contributed by atoms with van der Waals surface area (Å²) >= 11 is 0. The van der Waals surface area contributed by atoms with E-state index >= 15 is 0 Å².